The van der Waals surface area contributed by atoms with Gasteiger partial charge in [0.1, 0.15) is 0 Å². The second kappa shape index (κ2) is 1.34. The Hall–Kier alpha value is -0.0400. The first-order valence-electron chi connectivity index (χ1n) is 4.18. The predicted octanol–water partition coefficient (Wildman–Crippen LogP) is 1.00. The highest BCUT2D eigenvalue weighted by Crippen LogP contribution is 2.57. The van der Waals surface area contributed by atoms with Gasteiger partial charge in [0.2, 0.25) is 0 Å². The summed E-state index contributed by atoms with van der Waals surface area (Å²) >= 11 is 0. The minimum Gasteiger partial charge on any atom is -0.314 e. The van der Waals surface area contributed by atoms with Gasteiger partial charge < -0.3 is 5.32 Å². The van der Waals surface area contributed by atoms with Gasteiger partial charge in [-0.3, -0.25) is 0 Å². The fraction of sp³-hybridized carbons (Fsp3) is 1.00. The van der Waals surface area contributed by atoms with Crippen molar-refractivity contribution in [3.05, 3.63) is 0 Å². The molecule has 2 aliphatic carbocycles. The Bertz CT molecular complexity index is 130. The lowest BCUT2D eigenvalue weighted by Crippen LogP contribution is -2.35. The maximum atomic E-state index is 3.60. The number of rotatable bonds is 0. The third-order valence-electron chi connectivity index (χ3n) is 3.49. The van der Waals surface area contributed by atoms with Crippen molar-refractivity contribution in [3.63, 3.8) is 0 Å². The van der Waals surface area contributed by atoms with Crippen LogP contribution in [0.25, 0.3) is 0 Å². The lowest BCUT2D eigenvalue weighted by molar-refractivity contribution is 0.335. The summed E-state index contributed by atoms with van der Waals surface area (Å²) < 4.78 is 0. The number of hydrogen-bond donors (Lipinski definition) is 1. The molecule has 2 saturated carbocycles. The van der Waals surface area contributed by atoms with E-state index in [1.54, 1.807) is 6.42 Å². The molecule has 9 heavy (non-hydrogen) atoms. The van der Waals surface area contributed by atoms with Crippen LogP contribution in [0.3, 0.4) is 0 Å². The Morgan fingerprint density at radius 3 is 2.89 bits per heavy atom. The van der Waals surface area contributed by atoms with Crippen LogP contribution in [0.5, 0.6) is 0 Å². The van der Waals surface area contributed by atoms with E-state index in [-0.39, 0.29) is 0 Å². The minimum absolute atomic E-state index is 0.953. The quantitative estimate of drug-likeness (QED) is 0.507. The largest absolute Gasteiger partial charge is 0.314 e. The van der Waals surface area contributed by atoms with Crippen molar-refractivity contribution in [2.24, 2.45) is 17.8 Å². The normalized spacial score (nSPS) is 61.3. The molecule has 1 nitrogen and oxygen atoms in total. The summed E-state index contributed by atoms with van der Waals surface area (Å²) in [6.45, 7) is 1.31. The van der Waals surface area contributed by atoms with E-state index in [4.69, 9.17) is 0 Å². The van der Waals surface area contributed by atoms with Crippen molar-refractivity contribution in [2.45, 2.75) is 25.3 Å². The van der Waals surface area contributed by atoms with E-state index in [2.05, 4.69) is 5.32 Å². The molecule has 1 saturated heterocycles. The van der Waals surface area contributed by atoms with Crippen LogP contribution >= 0.6 is 0 Å². The molecule has 3 aliphatic rings. The third kappa shape index (κ3) is 0.493. The van der Waals surface area contributed by atoms with Crippen LogP contribution in [0, 0.1) is 17.8 Å². The predicted molar refractivity (Wildman–Crippen MR) is 36.1 cm³/mol. The first-order valence-corrected chi connectivity index (χ1v) is 4.18. The van der Waals surface area contributed by atoms with E-state index in [1.807, 2.05) is 0 Å². The fourth-order valence-electron chi connectivity index (χ4n) is 2.94. The second-order valence-electron chi connectivity index (χ2n) is 3.91. The van der Waals surface area contributed by atoms with Gasteiger partial charge in [-0.15, -0.1) is 0 Å². The maximum Gasteiger partial charge on any atom is 0.0101 e. The Balaban J connectivity index is 1.92. The van der Waals surface area contributed by atoms with Crippen LogP contribution in [0.1, 0.15) is 19.3 Å². The molecule has 0 spiro atoms. The van der Waals surface area contributed by atoms with Crippen molar-refractivity contribution >= 4 is 0 Å². The maximum absolute atomic E-state index is 3.60. The van der Waals surface area contributed by atoms with Crippen molar-refractivity contribution in [1.82, 2.24) is 5.32 Å². The van der Waals surface area contributed by atoms with Crippen LogP contribution in [0.4, 0.5) is 0 Å². The highest BCUT2D eigenvalue weighted by molar-refractivity contribution is 5.08. The van der Waals surface area contributed by atoms with E-state index in [0.29, 0.717) is 0 Å². The molecule has 1 N–H and O–H groups in total. The average molecular weight is 123 g/mol. The molecule has 4 unspecified atom stereocenters. The number of fused-ring (bicyclic) bond motifs is 5. The van der Waals surface area contributed by atoms with Gasteiger partial charge in [-0.25, -0.2) is 0 Å². The Morgan fingerprint density at radius 2 is 2.11 bits per heavy atom. The van der Waals surface area contributed by atoms with E-state index >= 15 is 0 Å². The molecule has 0 radical (unpaired) electrons. The minimum atomic E-state index is 0.953. The van der Waals surface area contributed by atoms with E-state index in [9.17, 15) is 0 Å². The summed E-state index contributed by atoms with van der Waals surface area (Å²) in [5.41, 5.74) is 0. The molecule has 3 fully saturated rings. The van der Waals surface area contributed by atoms with Crippen molar-refractivity contribution in [1.29, 1.82) is 0 Å². The molecule has 0 aromatic rings. The smallest absolute Gasteiger partial charge is 0.0101 e. The van der Waals surface area contributed by atoms with E-state index in [0.717, 1.165) is 17.9 Å². The van der Waals surface area contributed by atoms with Crippen LogP contribution < -0.4 is 5.32 Å². The van der Waals surface area contributed by atoms with E-state index < -0.39 is 0 Å². The summed E-state index contributed by atoms with van der Waals surface area (Å²) in [6, 6.07) is 0.953. The zero-order chi connectivity index (χ0) is 5.84. The monoisotopic (exact) mass is 123 g/mol. The Morgan fingerprint density at radius 1 is 1.11 bits per heavy atom. The molecule has 1 heteroatoms. The third-order valence-corrected chi connectivity index (χ3v) is 3.49. The van der Waals surface area contributed by atoms with Gasteiger partial charge in [0.15, 0.2) is 0 Å². The second-order valence-corrected chi connectivity index (χ2v) is 3.91. The summed E-state index contributed by atoms with van der Waals surface area (Å²) in [4.78, 5) is 0. The Kier molecular flexibility index (Phi) is 0.704. The molecule has 1 aliphatic heterocycles. The van der Waals surface area contributed by atoms with Crippen molar-refractivity contribution in [2.75, 3.05) is 6.54 Å². The first-order chi connectivity index (χ1) is 4.45. The standard InChI is InChI=1S/C8H13N/c1-2-9-8-3-5(1)6-4-7(6)8/h5-9H,1-4H2. The van der Waals surface area contributed by atoms with Gasteiger partial charge in [-0.1, -0.05) is 0 Å². The molecule has 0 aromatic heterocycles. The van der Waals surface area contributed by atoms with Gasteiger partial charge in [0.05, 0.1) is 0 Å². The van der Waals surface area contributed by atoms with Gasteiger partial charge in [-0.2, -0.15) is 0 Å². The average Bonchev–Trinajstić information content (AvgIpc) is 2.62. The zero-order valence-corrected chi connectivity index (χ0v) is 5.64. The molecule has 0 aromatic carbocycles. The highest BCUT2D eigenvalue weighted by Gasteiger charge is 2.55. The summed E-state index contributed by atoms with van der Waals surface area (Å²) in [7, 11) is 0. The van der Waals surface area contributed by atoms with Gasteiger partial charge in [0, 0.05) is 6.04 Å². The van der Waals surface area contributed by atoms with Crippen molar-refractivity contribution in [3.8, 4) is 0 Å². The number of nitrogens with one attached hydrogen (secondary N) is 1. The lowest BCUT2D eigenvalue weighted by atomic mass is 9.95. The lowest BCUT2D eigenvalue weighted by Gasteiger charge is -2.23. The van der Waals surface area contributed by atoms with Crippen molar-refractivity contribution < 1.29 is 0 Å². The molecule has 0 amide bonds. The molecule has 3 rings (SSSR count). The van der Waals surface area contributed by atoms with Gasteiger partial charge in [0.25, 0.3) is 0 Å². The topological polar surface area (TPSA) is 12.0 Å². The molecule has 1 heterocycles. The molecular formula is C8H13N. The summed E-state index contributed by atoms with van der Waals surface area (Å²) in [5, 5.41) is 3.60. The van der Waals surface area contributed by atoms with E-state index in [1.165, 1.54) is 25.3 Å². The zero-order valence-electron chi connectivity index (χ0n) is 5.64. The molecule has 50 valence electrons. The van der Waals surface area contributed by atoms with Crippen LogP contribution in [0.15, 0.2) is 0 Å². The first kappa shape index (κ1) is 4.73. The highest BCUT2D eigenvalue weighted by atomic mass is 15.0. The molecule has 4 atom stereocenters. The summed E-state index contributed by atoms with van der Waals surface area (Å²) in [5.74, 6) is 3.43. The van der Waals surface area contributed by atoms with Gasteiger partial charge in [-0.05, 0) is 43.6 Å². The Labute approximate surface area is 55.8 Å². The van der Waals surface area contributed by atoms with Crippen LogP contribution in [0.2, 0.25) is 0 Å². The number of hydrogen-bond acceptors (Lipinski definition) is 1. The molecular weight excluding hydrogens is 110 g/mol. The van der Waals surface area contributed by atoms with Gasteiger partial charge >= 0.3 is 0 Å². The number of piperidine rings is 1. The summed E-state index contributed by atoms with van der Waals surface area (Å²) in [6.07, 6.45) is 4.54. The van der Waals surface area contributed by atoms with Crippen LogP contribution in [-0.2, 0) is 0 Å². The molecule has 2 bridgehead atoms. The van der Waals surface area contributed by atoms with Crippen LogP contribution in [-0.4, -0.2) is 12.6 Å². The SMILES string of the molecule is C1CC2CC(N1)C1CC21. The fourth-order valence-corrected chi connectivity index (χ4v) is 2.94.